The van der Waals surface area contributed by atoms with Gasteiger partial charge in [-0.05, 0) is 55.2 Å². The van der Waals surface area contributed by atoms with Crippen molar-refractivity contribution in [2.45, 2.75) is 26.8 Å². The molecule has 106 valence electrons. The topological polar surface area (TPSA) is 15.3 Å². The van der Waals surface area contributed by atoms with Crippen LogP contribution in [0.4, 0.5) is 5.69 Å². The molecule has 0 bridgehead atoms. The molecule has 1 unspecified atom stereocenters. The van der Waals surface area contributed by atoms with Gasteiger partial charge in [0.25, 0.3) is 0 Å². The number of hydrogen-bond acceptors (Lipinski definition) is 2. The van der Waals surface area contributed by atoms with Crippen molar-refractivity contribution in [3.8, 4) is 0 Å². The normalized spacial score (nSPS) is 23.2. The van der Waals surface area contributed by atoms with Crippen molar-refractivity contribution in [1.29, 1.82) is 0 Å². The first-order valence-electron chi connectivity index (χ1n) is 7.49. The summed E-state index contributed by atoms with van der Waals surface area (Å²) in [5.74, 6) is 0. The second-order valence-electron chi connectivity index (χ2n) is 6.15. The number of nitrogens with zero attached hydrogens (tertiary/aromatic N) is 1. The minimum Gasteiger partial charge on any atom is -0.374 e. The molecular formula is C19H20N2. The zero-order valence-electron chi connectivity index (χ0n) is 13.0. The summed E-state index contributed by atoms with van der Waals surface area (Å²) < 4.78 is 0. The molecule has 1 aromatic carbocycles. The number of hydrogen-bond donors (Lipinski definition) is 1. The molecule has 0 saturated carbocycles. The Morgan fingerprint density at radius 3 is 2.67 bits per heavy atom. The Labute approximate surface area is 126 Å². The lowest BCUT2D eigenvalue weighted by atomic mass is 9.77. The van der Waals surface area contributed by atoms with Crippen LogP contribution in [0.5, 0.6) is 0 Å². The van der Waals surface area contributed by atoms with Gasteiger partial charge in [0.15, 0.2) is 0 Å². The fourth-order valence-corrected chi connectivity index (χ4v) is 3.82. The van der Waals surface area contributed by atoms with E-state index in [1.165, 1.54) is 44.8 Å². The van der Waals surface area contributed by atoms with Crippen LogP contribution in [0.25, 0.3) is 5.57 Å². The van der Waals surface area contributed by atoms with Gasteiger partial charge >= 0.3 is 0 Å². The fraction of sp³-hybridized carbons (Fsp3) is 0.263. The Hall–Kier alpha value is -2.22. The van der Waals surface area contributed by atoms with E-state index in [0.29, 0.717) is 6.04 Å². The van der Waals surface area contributed by atoms with Crippen molar-refractivity contribution < 1.29 is 0 Å². The van der Waals surface area contributed by atoms with E-state index in [9.17, 15) is 0 Å². The summed E-state index contributed by atoms with van der Waals surface area (Å²) >= 11 is 0. The van der Waals surface area contributed by atoms with Gasteiger partial charge in [-0.15, -0.1) is 0 Å². The van der Waals surface area contributed by atoms with Gasteiger partial charge in [0.05, 0.1) is 6.04 Å². The molecule has 4 rings (SSSR count). The van der Waals surface area contributed by atoms with Gasteiger partial charge in [-0.3, -0.25) is 0 Å². The lowest BCUT2D eigenvalue weighted by molar-refractivity contribution is 0.556. The van der Waals surface area contributed by atoms with Crippen LogP contribution in [0.1, 0.15) is 26.3 Å². The summed E-state index contributed by atoms with van der Waals surface area (Å²) in [4.78, 5) is 2.21. The summed E-state index contributed by atoms with van der Waals surface area (Å²) in [7, 11) is 2.12. The molecule has 1 atom stereocenters. The molecule has 0 saturated heterocycles. The molecule has 0 fully saturated rings. The highest BCUT2D eigenvalue weighted by atomic mass is 15.1. The number of fused-ring (bicyclic) bond motifs is 4. The van der Waals surface area contributed by atoms with Crippen molar-refractivity contribution in [3.63, 3.8) is 0 Å². The molecule has 21 heavy (non-hydrogen) atoms. The first kappa shape index (κ1) is 12.5. The molecule has 2 heterocycles. The third kappa shape index (κ3) is 1.53. The zero-order valence-corrected chi connectivity index (χ0v) is 13.0. The molecule has 0 radical (unpaired) electrons. The van der Waals surface area contributed by atoms with E-state index >= 15 is 0 Å². The van der Waals surface area contributed by atoms with Gasteiger partial charge in [0, 0.05) is 35.8 Å². The van der Waals surface area contributed by atoms with Gasteiger partial charge in [-0.1, -0.05) is 18.2 Å². The molecule has 2 nitrogen and oxygen atoms in total. The summed E-state index contributed by atoms with van der Waals surface area (Å²) in [5.41, 5.74) is 11.0. The van der Waals surface area contributed by atoms with Crippen LogP contribution in [0.2, 0.25) is 0 Å². The first-order chi connectivity index (χ1) is 10.1. The van der Waals surface area contributed by atoms with Crippen molar-refractivity contribution in [2.75, 3.05) is 12.4 Å². The molecule has 1 aromatic rings. The molecule has 0 aromatic heterocycles. The van der Waals surface area contributed by atoms with E-state index in [1.54, 1.807) is 0 Å². The second-order valence-corrected chi connectivity index (χ2v) is 6.15. The number of allylic oxidation sites excluding steroid dienone is 5. The quantitative estimate of drug-likeness (QED) is 0.759. The van der Waals surface area contributed by atoms with E-state index in [2.05, 4.69) is 74.6 Å². The zero-order chi connectivity index (χ0) is 14.7. The molecule has 3 aliphatic rings. The van der Waals surface area contributed by atoms with Crippen molar-refractivity contribution >= 4 is 11.3 Å². The van der Waals surface area contributed by atoms with E-state index < -0.39 is 0 Å². The SMILES string of the molecule is CC1=C2c3ccccc3NC2C(C)=C2C=CN(C)C(C)=C12. The highest BCUT2D eigenvalue weighted by Crippen LogP contribution is 2.48. The molecule has 2 aliphatic heterocycles. The average molecular weight is 276 g/mol. The number of para-hydroxylation sites is 1. The maximum atomic E-state index is 3.69. The predicted octanol–water partition coefficient (Wildman–Crippen LogP) is 4.32. The Balaban J connectivity index is 2.02. The van der Waals surface area contributed by atoms with Crippen LogP contribution < -0.4 is 5.32 Å². The van der Waals surface area contributed by atoms with Crippen LogP contribution >= 0.6 is 0 Å². The summed E-state index contributed by atoms with van der Waals surface area (Å²) in [6.45, 7) is 6.74. The Morgan fingerprint density at radius 1 is 1.10 bits per heavy atom. The summed E-state index contributed by atoms with van der Waals surface area (Å²) in [6, 6.07) is 8.97. The van der Waals surface area contributed by atoms with Crippen LogP contribution in [0.3, 0.4) is 0 Å². The predicted molar refractivity (Wildman–Crippen MR) is 88.7 cm³/mol. The van der Waals surface area contributed by atoms with Crippen molar-refractivity contribution in [1.82, 2.24) is 4.90 Å². The molecule has 0 amide bonds. The third-order valence-electron chi connectivity index (χ3n) is 5.07. The summed E-state index contributed by atoms with van der Waals surface area (Å²) in [6.07, 6.45) is 4.42. The van der Waals surface area contributed by atoms with Gasteiger partial charge in [-0.2, -0.15) is 0 Å². The van der Waals surface area contributed by atoms with E-state index in [4.69, 9.17) is 0 Å². The number of benzene rings is 1. The van der Waals surface area contributed by atoms with Crippen LogP contribution in [-0.4, -0.2) is 18.0 Å². The van der Waals surface area contributed by atoms with Crippen molar-refractivity contribution in [3.05, 3.63) is 70.1 Å². The average Bonchev–Trinajstić information content (AvgIpc) is 2.87. The highest BCUT2D eigenvalue weighted by Gasteiger charge is 2.36. The van der Waals surface area contributed by atoms with Gasteiger partial charge < -0.3 is 10.2 Å². The summed E-state index contributed by atoms with van der Waals surface area (Å²) in [5, 5.41) is 3.69. The van der Waals surface area contributed by atoms with Gasteiger partial charge in [-0.25, -0.2) is 0 Å². The highest BCUT2D eigenvalue weighted by molar-refractivity contribution is 5.95. The molecule has 2 heteroatoms. The standard InChI is InChI=1S/C19H20N2/c1-11-14-9-10-21(4)13(3)17(14)12(2)18-15-7-5-6-8-16(15)20-19(11)18/h5-10,19-20H,1-4H3. The molecular weight excluding hydrogens is 256 g/mol. The largest absolute Gasteiger partial charge is 0.374 e. The van der Waals surface area contributed by atoms with E-state index in [1.807, 2.05) is 0 Å². The fourth-order valence-electron chi connectivity index (χ4n) is 3.82. The van der Waals surface area contributed by atoms with E-state index in [-0.39, 0.29) is 0 Å². The Bertz CT molecular complexity index is 775. The molecule has 1 aliphatic carbocycles. The third-order valence-corrected chi connectivity index (χ3v) is 5.07. The molecule has 0 spiro atoms. The minimum atomic E-state index is 0.321. The van der Waals surface area contributed by atoms with E-state index in [0.717, 1.165) is 0 Å². The molecule has 1 N–H and O–H groups in total. The van der Waals surface area contributed by atoms with Gasteiger partial charge in [0.2, 0.25) is 0 Å². The van der Waals surface area contributed by atoms with Crippen LogP contribution in [-0.2, 0) is 0 Å². The smallest absolute Gasteiger partial charge is 0.0743 e. The Kier molecular flexibility index (Phi) is 2.47. The van der Waals surface area contributed by atoms with Gasteiger partial charge in [0.1, 0.15) is 0 Å². The van der Waals surface area contributed by atoms with Crippen molar-refractivity contribution in [2.24, 2.45) is 0 Å². The maximum Gasteiger partial charge on any atom is 0.0743 e. The number of anilines is 1. The first-order valence-corrected chi connectivity index (χ1v) is 7.49. The minimum absolute atomic E-state index is 0.321. The Morgan fingerprint density at radius 2 is 1.86 bits per heavy atom. The number of rotatable bonds is 0. The lowest BCUT2D eigenvalue weighted by Crippen LogP contribution is -2.26. The second kappa shape index (κ2) is 4.14. The van der Waals surface area contributed by atoms with Crippen LogP contribution in [0, 0.1) is 0 Å². The lowest BCUT2D eigenvalue weighted by Gasteiger charge is -2.33. The van der Waals surface area contributed by atoms with Crippen LogP contribution in [0.15, 0.2) is 64.5 Å². The monoisotopic (exact) mass is 276 g/mol. The maximum absolute atomic E-state index is 3.69. The number of nitrogens with one attached hydrogen (secondary N) is 1.